The number of methoxy groups -OCH3 is 2. The summed E-state index contributed by atoms with van der Waals surface area (Å²) in [6, 6.07) is 21.2. The van der Waals surface area contributed by atoms with E-state index in [4.69, 9.17) is 14.2 Å². The zero-order valence-corrected chi connectivity index (χ0v) is 19.0. The Bertz CT molecular complexity index is 1050. The monoisotopic (exact) mass is 482 g/mol. The Balaban J connectivity index is 1.58. The number of carbonyl (C=O) groups is 1. The van der Waals surface area contributed by atoms with E-state index in [0.29, 0.717) is 17.2 Å². The summed E-state index contributed by atoms with van der Waals surface area (Å²) in [5.41, 5.74) is 5.42. The molecule has 7 heteroatoms. The van der Waals surface area contributed by atoms with Crippen molar-refractivity contribution >= 4 is 28.1 Å². The van der Waals surface area contributed by atoms with Crippen molar-refractivity contribution in [2.75, 3.05) is 14.2 Å². The van der Waals surface area contributed by atoms with Crippen LogP contribution in [0.5, 0.6) is 17.2 Å². The van der Waals surface area contributed by atoms with E-state index in [2.05, 4.69) is 26.5 Å². The molecule has 6 nitrogen and oxygen atoms in total. The van der Waals surface area contributed by atoms with Crippen LogP contribution in [-0.4, -0.2) is 32.4 Å². The minimum Gasteiger partial charge on any atom is -0.493 e. The van der Waals surface area contributed by atoms with Crippen LogP contribution in [0.4, 0.5) is 0 Å². The van der Waals surface area contributed by atoms with Crippen LogP contribution in [0.3, 0.4) is 0 Å². The average molecular weight is 483 g/mol. The molecule has 0 heterocycles. The van der Waals surface area contributed by atoms with Crippen LogP contribution in [0.15, 0.2) is 76.3 Å². The molecule has 3 aromatic rings. The van der Waals surface area contributed by atoms with Crippen molar-refractivity contribution < 1.29 is 19.0 Å². The molecule has 1 atom stereocenters. The van der Waals surface area contributed by atoms with E-state index in [1.807, 2.05) is 60.7 Å². The highest BCUT2D eigenvalue weighted by molar-refractivity contribution is 9.10. The molecule has 1 N–H and O–H groups in total. The van der Waals surface area contributed by atoms with Gasteiger partial charge < -0.3 is 14.2 Å². The third kappa shape index (κ3) is 5.86. The number of carbonyl (C=O) groups excluding carboxylic acids is 1. The van der Waals surface area contributed by atoms with Crippen molar-refractivity contribution in [3.63, 3.8) is 0 Å². The summed E-state index contributed by atoms with van der Waals surface area (Å²) in [5.74, 6) is 1.39. The van der Waals surface area contributed by atoms with E-state index in [-0.39, 0.29) is 5.91 Å². The Labute approximate surface area is 190 Å². The van der Waals surface area contributed by atoms with Gasteiger partial charge >= 0.3 is 0 Å². The third-order valence-corrected chi connectivity index (χ3v) is 5.08. The molecule has 0 saturated carbocycles. The number of nitrogens with zero attached hydrogens (tertiary/aromatic N) is 1. The van der Waals surface area contributed by atoms with Gasteiger partial charge in [-0.1, -0.05) is 42.5 Å². The fraction of sp³-hybridized carbons (Fsp3) is 0.167. The Morgan fingerprint density at radius 3 is 2.32 bits per heavy atom. The zero-order valence-electron chi connectivity index (χ0n) is 17.5. The molecule has 0 radical (unpaired) electrons. The predicted molar refractivity (Wildman–Crippen MR) is 125 cm³/mol. The zero-order chi connectivity index (χ0) is 22.2. The van der Waals surface area contributed by atoms with Gasteiger partial charge in [0.25, 0.3) is 5.91 Å². The molecular formula is C24H23BrN2O4. The molecule has 0 aliphatic carbocycles. The maximum absolute atomic E-state index is 12.3. The maximum atomic E-state index is 12.3. The van der Waals surface area contributed by atoms with Crippen LogP contribution >= 0.6 is 15.9 Å². The first-order valence-electron chi connectivity index (χ1n) is 9.58. The fourth-order valence-corrected chi connectivity index (χ4v) is 3.51. The largest absolute Gasteiger partial charge is 0.493 e. The van der Waals surface area contributed by atoms with E-state index in [1.165, 1.54) is 6.21 Å². The van der Waals surface area contributed by atoms with Gasteiger partial charge in [0, 0.05) is 0 Å². The summed E-state index contributed by atoms with van der Waals surface area (Å²) in [6.07, 6.45) is 0.809. The number of hydrogen-bond donors (Lipinski definition) is 1. The standard InChI is InChI=1S/C24H23BrN2O4/c1-16(31-20-11-9-19(10-12-20)18-7-5-4-6-8-18)24(28)27-26-15-17-13-21(25)23(30-3)22(14-17)29-2/h4-16H,1-3H3,(H,27,28)/b26-15+. The Morgan fingerprint density at radius 2 is 1.68 bits per heavy atom. The fourth-order valence-electron chi connectivity index (χ4n) is 2.89. The summed E-state index contributed by atoms with van der Waals surface area (Å²) in [5, 5.41) is 4.01. The molecule has 3 aromatic carbocycles. The molecule has 0 saturated heterocycles. The molecule has 0 aromatic heterocycles. The first kappa shape index (κ1) is 22.4. The first-order valence-corrected chi connectivity index (χ1v) is 10.4. The van der Waals surface area contributed by atoms with Gasteiger partial charge in [0.1, 0.15) is 5.75 Å². The van der Waals surface area contributed by atoms with Crippen LogP contribution in [0.2, 0.25) is 0 Å². The number of rotatable bonds is 8. The van der Waals surface area contributed by atoms with Gasteiger partial charge in [-0.25, -0.2) is 5.43 Å². The molecule has 1 unspecified atom stereocenters. The van der Waals surface area contributed by atoms with Gasteiger partial charge in [0.2, 0.25) is 0 Å². The summed E-state index contributed by atoms with van der Waals surface area (Å²) < 4.78 is 17.0. The lowest BCUT2D eigenvalue weighted by molar-refractivity contribution is -0.127. The Hall–Kier alpha value is -3.32. The lowest BCUT2D eigenvalue weighted by Crippen LogP contribution is -2.33. The van der Waals surface area contributed by atoms with E-state index in [9.17, 15) is 4.79 Å². The third-order valence-electron chi connectivity index (χ3n) is 4.49. The molecule has 31 heavy (non-hydrogen) atoms. The van der Waals surface area contributed by atoms with Crippen LogP contribution in [0, 0.1) is 0 Å². The highest BCUT2D eigenvalue weighted by Crippen LogP contribution is 2.35. The van der Waals surface area contributed by atoms with Gasteiger partial charge in [0.05, 0.1) is 24.9 Å². The number of hydrogen-bond acceptors (Lipinski definition) is 5. The van der Waals surface area contributed by atoms with Gasteiger partial charge in [-0.3, -0.25) is 4.79 Å². The summed E-state index contributed by atoms with van der Waals surface area (Å²) in [7, 11) is 3.12. The van der Waals surface area contributed by atoms with E-state index < -0.39 is 6.10 Å². The summed E-state index contributed by atoms with van der Waals surface area (Å²) in [6.45, 7) is 1.67. The van der Waals surface area contributed by atoms with E-state index >= 15 is 0 Å². The molecular weight excluding hydrogens is 460 g/mol. The number of nitrogens with one attached hydrogen (secondary N) is 1. The second kappa shape index (κ2) is 10.6. The van der Waals surface area contributed by atoms with Crippen molar-refractivity contribution in [1.29, 1.82) is 0 Å². The Morgan fingerprint density at radius 1 is 1.00 bits per heavy atom. The minimum atomic E-state index is -0.711. The second-order valence-corrected chi connectivity index (χ2v) is 7.48. The van der Waals surface area contributed by atoms with E-state index in [1.54, 1.807) is 27.2 Å². The number of benzene rings is 3. The van der Waals surface area contributed by atoms with E-state index in [0.717, 1.165) is 21.2 Å². The normalized spacial score (nSPS) is 11.7. The lowest BCUT2D eigenvalue weighted by atomic mass is 10.1. The number of amides is 1. The maximum Gasteiger partial charge on any atom is 0.280 e. The van der Waals surface area contributed by atoms with Crippen LogP contribution in [-0.2, 0) is 4.79 Å². The number of ether oxygens (including phenoxy) is 3. The predicted octanol–water partition coefficient (Wildman–Crippen LogP) is 5.05. The van der Waals surface area contributed by atoms with Crippen LogP contribution < -0.4 is 19.6 Å². The molecule has 1 amide bonds. The quantitative estimate of drug-likeness (QED) is 0.360. The van der Waals surface area contributed by atoms with Crippen molar-refractivity contribution in [3.05, 3.63) is 76.8 Å². The molecule has 0 aliphatic heterocycles. The minimum absolute atomic E-state index is 0.358. The number of hydrazone groups is 1. The smallest absolute Gasteiger partial charge is 0.280 e. The van der Waals surface area contributed by atoms with Crippen molar-refractivity contribution in [1.82, 2.24) is 5.43 Å². The summed E-state index contributed by atoms with van der Waals surface area (Å²) >= 11 is 3.43. The van der Waals surface area contributed by atoms with Gasteiger partial charge in [-0.15, -0.1) is 0 Å². The molecule has 160 valence electrons. The average Bonchev–Trinajstić information content (AvgIpc) is 2.79. The lowest BCUT2D eigenvalue weighted by Gasteiger charge is -2.13. The van der Waals surface area contributed by atoms with Gasteiger partial charge in [0.15, 0.2) is 17.6 Å². The molecule has 0 spiro atoms. The van der Waals surface area contributed by atoms with Gasteiger partial charge in [-0.05, 0) is 63.8 Å². The SMILES string of the molecule is COc1cc(/C=N/NC(=O)C(C)Oc2ccc(-c3ccccc3)cc2)cc(Br)c1OC. The van der Waals surface area contributed by atoms with Crippen molar-refractivity contribution in [2.45, 2.75) is 13.0 Å². The molecule has 3 rings (SSSR count). The molecule has 0 fully saturated rings. The first-order chi connectivity index (χ1) is 15.0. The number of halogens is 1. The molecule has 0 aliphatic rings. The Kier molecular flexibility index (Phi) is 7.67. The highest BCUT2D eigenvalue weighted by atomic mass is 79.9. The molecule has 0 bridgehead atoms. The van der Waals surface area contributed by atoms with Crippen molar-refractivity contribution in [2.24, 2.45) is 5.10 Å². The topological polar surface area (TPSA) is 69.2 Å². The van der Waals surface area contributed by atoms with Crippen LogP contribution in [0.1, 0.15) is 12.5 Å². The second-order valence-electron chi connectivity index (χ2n) is 6.62. The van der Waals surface area contributed by atoms with Gasteiger partial charge in [-0.2, -0.15) is 5.10 Å². The van der Waals surface area contributed by atoms with Crippen molar-refractivity contribution in [3.8, 4) is 28.4 Å². The highest BCUT2D eigenvalue weighted by Gasteiger charge is 2.14. The van der Waals surface area contributed by atoms with Crippen LogP contribution in [0.25, 0.3) is 11.1 Å². The summed E-state index contributed by atoms with van der Waals surface area (Å²) in [4.78, 5) is 12.3.